The van der Waals surface area contributed by atoms with Gasteiger partial charge in [0.15, 0.2) is 11.0 Å². The molecule has 1 unspecified atom stereocenters. The number of pyridine rings is 1. The van der Waals surface area contributed by atoms with Gasteiger partial charge in [-0.3, -0.25) is 14.3 Å². The van der Waals surface area contributed by atoms with Gasteiger partial charge >= 0.3 is 5.97 Å². The first-order valence-electron chi connectivity index (χ1n) is 6.84. The van der Waals surface area contributed by atoms with Crippen molar-refractivity contribution in [2.24, 2.45) is 0 Å². The largest absolute Gasteiger partial charge is 0.481 e. The van der Waals surface area contributed by atoms with Crippen molar-refractivity contribution in [3.63, 3.8) is 0 Å². The molecule has 0 spiro atoms. The molecule has 1 N–H and O–H groups in total. The average molecular weight is 322 g/mol. The number of carboxylic acid groups (broad SMARTS) is 1. The third-order valence-corrected chi connectivity index (χ3v) is 3.64. The van der Waals surface area contributed by atoms with Gasteiger partial charge in [-0.2, -0.15) is 0 Å². The summed E-state index contributed by atoms with van der Waals surface area (Å²) in [5.41, 5.74) is 0.773. The number of hydrogen-bond donors (Lipinski definition) is 1. The summed E-state index contributed by atoms with van der Waals surface area (Å²) in [5, 5.41) is 17.6. The van der Waals surface area contributed by atoms with Crippen LogP contribution in [0.25, 0.3) is 5.69 Å². The molecule has 0 radical (unpaired) electrons. The zero-order valence-electron chi connectivity index (χ0n) is 12.6. The molecule has 1 atom stereocenters. The first kappa shape index (κ1) is 16.4. The lowest BCUT2D eigenvalue weighted by Crippen LogP contribution is -2.13. The van der Waals surface area contributed by atoms with Crippen LogP contribution in [0.3, 0.4) is 0 Å². The highest BCUT2D eigenvalue weighted by atomic mass is 32.2. The van der Waals surface area contributed by atoms with Crippen LogP contribution in [-0.2, 0) is 9.53 Å². The Hall–Kier alpha value is -1.93. The van der Waals surface area contributed by atoms with Crippen LogP contribution in [0, 0.1) is 0 Å². The van der Waals surface area contributed by atoms with Crippen LogP contribution in [0.2, 0.25) is 0 Å². The van der Waals surface area contributed by atoms with Gasteiger partial charge in [-0.15, -0.1) is 10.2 Å². The molecule has 2 rings (SSSR count). The van der Waals surface area contributed by atoms with Crippen molar-refractivity contribution in [3.05, 3.63) is 30.4 Å². The molecule has 2 aromatic rings. The molecule has 0 fully saturated rings. The van der Waals surface area contributed by atoms with E-state index in [0.29, 0.717) is 11.0 Å². The zero-order chi connectivity index (χ0) is 16.1. The molecule has 0 aliphatic carbocycles. The van der Waals surface area contributed by atoms with Gasteiger partial charge in [0.1, 0.15) is 6.10 Å². The normalized spacial score (nSPS) is 12.5. The predicted molar refractivity (Wildman–Crippen MR) is 82.1 cm³/mol. The first-order valence-corrected chi connectivity index (χ1v) is 7.83. The molecule has 118 valence electrons. The second-order valence-electron chi connectivity index (χ2n) is 4.90. The molecule has 0 saturated carbocycles. The SMILES string of the molecule is CC(C)OC(C)c1nnc(SCC(=O)O)n1-c1cccnc1. The smallest absolute Gasteiger partial charge is 0.313 e. The lowest BCUT2D eigenvalue weighted by Gasteiger charge is -2.17. The lowest BCUT2D eigenvalue weighted by atomic mass is 10.3. The average Bonchev–Trinajstić information content (AvgIpc) is 2.89. The minimum Gasteiger partial charge on any atom is -0.481 e. The highest BCUT2D eigenvalue weighted by molar-refractivity contribution is 7.99. The summed E-state index contributed by atoms with van der Waals surface area (Å²) in [6, 6.07) is 3.67. The van der Waals surface area contributed by atoms with Crippen molar-refractivity contribution in [2.75, 3.05) is 5.75 Å². The molecular weight excluding hydrogens is 304 g/mol. The molecule has 0 aliphatic heterocycles. The minimum absolute atomic E-state index is 0.0455. The van der Waals surface area contributed by atoms with Crippen molar-refractivity contribution in [2.45, 2.75) is 38.1 Å². The van der Waals surface area contributed by atoms with Gasteiger partial charge in [0.05, 0.1) is 23.7 Å². The van der Waals surface area contributed by atoms with Crippen molar-refractivity contribution in [3.8, 4) is 5.69 Å². The van der Waals surface area contributed by atoms with Gasteiger partial charge in [-0.1, -0.05) is 11.8 Å². The molecule has 0 amide bonds. The Bertz CT molecular complexity index is 630. The van der Waals surface area contributed by atoms with E-state index < -0.39 is 5.97 Å². The topological polar surface area (TPSA) is 90.1 Å². The van der Waals surface area contributed by atoms with Crippen LogP contribution >= 0.6 is 11.8 Å². The number of thioether (sulfide) groups is 1. The fraction of sp³-hybridized carbons (Fsp3) is 0.429. The number of aromatic nitrogens is 4. The summed E-state index contributed by atoms with van der Waals surface area (Å²) in [5.74, 6) is -0.369. The molecule has 0 aliphatic rings. The molecule has 22 heavy (non-hydrogen) atoms. The minimum atomic E-state index is -0.904. The quantitative estimate of drug-likeness (QED) is 0.782. The van der Waals surface area contributed by atoms with Crippen LogP contribution in [0.4, 0.5) is 0 Å². The Morgan fingerprint density at radius 2 is 2.18 bits per heavy atom. The summed E-state index contributed by atoms with van der Waals surface area (Å²) in [6.07, 6.45) is 3.13. The maximum atomic E-state index is 10.8. The van der Waals surface area contributed by atoms with Crippen LogP contribution in [0.1, 0.15) is 32.7 Å². The number of rotatable bonds is 7. The van der Waals surface area contributed by atoms with E-state index in [9.17, 15) is 4.79 Å². The molecule has 8 heteroatoms. The fourth-order valence-corrected chi connectivity index (χ4v) is 2.64. The second kappa shape index (κ2) is 7.37. The van der Waals surface area contributed by atoms with E-state index in [1.807, 2.05) is 26.8 Å². The van der Waals surface area contributed by atoms with E-state index in [-0.39, 0.29) is 18.0 Å². The highest BCUT2D eigenvalue weighted by Crippen LogP contribution is 2.26. The molecular formula is C14H18N4O3S. The van der Waals surface area contributed by atoms with Gasteiger partial charge in [0, 0.05) is 6.20 Å². The van der Waals surface area contributed by atoms with Gasteiger partial charge in [0.2, 0.25) is 0 Å². The number of hydrogen-bond acceptors (Lipinski definition) is 6. The Morgan fingerprint density at radius 1 is 1.41 bits per heavy atom. The number of nitrogens with zero attached hydrogens (tertiary/aromatic N) is 4. The summed E-state index contributed by atoms with van der Waals surface area (Å²) in [4.78, 5) is 14.9. The number of ether oxygens (including phenoxy) is 1. The Balaban J connectivity index is 2.39. The highest BCUT2D eigenvalue weighted by Gasteiger charge is 2.21. The Morgan fingerprint density at radius 3 is 2.77 bits per heavy atom. The van der Waals surface area contributed by atoms with Gasteiger partial charge < -0.3 is 9.84 Å². The Kier molecular flexibility index (Phi) is 5.51. The molecule has 0 saturated heterocycles. The van der Waals surface area contributed by atoms with Crippen LogP contribution in [0.5, 0.6) is 0 Å². The van der Waals surface area contributed by atoms with Crippen molar-refractivity contribution in [1.82, 2.24) is 19.7 Å². The lowest BCUT2D eigenvalue weighted by molar-refractivity contribution is -0.133. The van der Waals surface area contributed by atoms with Gasteiger partial charge in [-0.25, -0.2) is 0 Å². The van der Waals surface area contributed by atoms with Crippen LogP contribution in [0.15, 0.2) is 29.7 Å². The zero-order valence-corrected chi connectivity index (χ0v) is 13.4. The van der Waals surface area contributed by atoms with E-state index in [0.717, 1.165) is 17.4 Å². The third-order valence-electron chi connectivity index (χ3n) is 2.73. The number of aliphatic carboxylic acids is 1. The van der Waals surface area contributed by atoms with Crippen LogP contribution < -0.4 is 0 Å². The second-order valence-corrected chi connectivity index (χ2v) is 5.84. The molecule has 7 nitrogen and oxygen atoms in total. The van der Waals surface area contributed by atoms with E-state index in [2.05, 4.69) is 15.2 Å². The standard InChI is InChI=1S/C14H18N4O3S/c1-9(2)21-10(3)13-16-17-14(22-8-12(19)20)18(13)11-5-4-6-15-7-11/h4-7,9-10H,8H2,1-3H3,(H,19,20). The van der Waals surface area contributed by atoms with Crippen molar-refractivity contribution < 1.29 is 14.6 Å². The van der Waals surface area contributed by atoms with Crippen molar-refractivity contribution in [1.29, 1.82) is 0 Å². The monoisotopic (exact) mass is 322 g/mol. The maximum Gasteiger partial charge on any atom is 0.313 e. The van der Waals surface area contributed by atoms with E-state index >= 15 is 0 Å². The number of carbonyl (C=O) groups is 1. The molecule has 2 aromatic heterocycles. The predicted octanol–water partition coefficient (Wildman–Crippen LogP) is 2.33. The Labute approximate surface area is 132 Å². The van der Waals surface area contributed by atoms with E-state index in [4.69, 9.17) is 9.84 Å². The van der Waals surface area contributed by atoms with E-state index in [1.165, 1.54) is 0 Å². The van der Waals surface area contributed by atoms with Crippen molar-refractivity contribution >= 4 is 17.7 Å². The third kappa shape index (κ3) is 4.05. The van der Waals surface area contributed by atoms with Gasteiger partial charge in [-0.05, 0) is 32.9 Å². The molecule has 0 bridgehead atoms. The summed E-state index contributed by atoms with van der Waals surface area (Å²) in [7, 11) is 0. The number of carboxylic acids is 1. The fourth-order valence-electron chi connectivity index (χ4n) is 1.96. The van der Waals surface area contributed by atoms with Gasteiger partial charge in [0.25, 0.3) is 0 Å². The van der Waals surface area contributed by atoms with Crippen LogP contribution in [-0.4, -0.2) is 42.7 Å². The first-order chi connectivity index (χ1) is 10.5. The molecule has 0 aromatic carbocycles. The maximum absolute atomic E-state index is 10.8. The summed E-state index contributed by atoms with van der Waals surface area (Å²) in [6.45, 7) is 5.78. The summed E-state index contributed by atoms with van der Waals surface area (Å²) < 4.78 is 7.55. The summed E-state index contributed by atoms with van der Waals surface area (Å²) >= 11 is 1.11. The molecule has 2 heterocycles. The van der Waals surface area contributed by atoms with E-state index in [1.54, 1.807) is 23.0 Å².